The average Bonchev–Trinajstić information content (AvgIpc) is 2.97. The monoisotopic (exact) mass is 404 g/mol. The van der Waals surface area contributed by atoms with Crippen molar-refractivity contribution in [3.05, 3.63) is 63.4 Å². The number of aromatic nitrogens is 2. The maximum absolute atomic E-state index is 6.19. The number of hydrogen-bond donors (Lipinski definition) is 3. The number of aromatic amines is 1. The summed E-state index contributed by atoms with van der Waals surface area (Å²) in [7, 11) is 0. The Kier molecular flexibility index (Phi) is 4.67. The summed E-state index contributed by atoms with van der Waals surface area (Å²) in [6, 6.07) is 11.7. The van der Waals surface area contributed by atoms with Gasteiger partial charge in [0.25, 0.3) is 0 Å². The van der Waals surface area contributed by atoms with Gasteiger partial charge in [0, 0.05) is 32.5 Å². The Labute approximate surface area is 165 Å². The first-order valence-electron chi connectivity index (χ1n) is 8.07. The van der Waals surface area contributed by atoms with Crippen LogP contribution in [-0.4, -0.2) is 16.5 Å². The predicted molar refractivity (Wildman–Crippen MR) is 111 cm³/mol. The first-order chi connectivity index (χ1) is 12.5. The minimum Gasteiger partial charge on any atom is -0.354 e. The summed E-state index contributed by atoms with van der Waals surface area (Å²) in [5.41, 5.74) is 10.7. The van der Waals surface area contributed by atoms with E-state index in [2.05, 4.69) is 27.4 Å². The zero-order chi connectivity index (χ0) is 18.3. The van der Waals surface area contributed by atoms with Crippen molar-refractivity contribution in [2.24, 2.45) is 5.73 Å². The molecule has 0 spiro atoms. The van der Waals surface area contributed by atoms with Gasteiger partial charge in [-0.3, -0.25) is 0 Å². The molecule has 2 aromatic carbocycles. The second-order valence-electron chi connectivity index (χ2n) is 6.03. The molecule has 4 N–H and O–H groups in total. The minimum atomic E-state index is 0.280. The highest BCUT2D eigenvalue weighted by Crippen LogP contribution is 2.34. The number of fused-ring (bicyclic) bond motifs is 3. The van der Waals surface area contributed by atoms with E-state index in [-0.39, 0.29) is 5.15 Å². The van der Waals surface area contributed by atoms with Gasteiger partial charge in [0.15, 0.2) is 0 Å². The number of benzene rings is 2. The molecule has 0 amide bonds. The van der Waals surface area contributed by atoms with Gasteiger partial charge in [0.05, 0.1) is 16.9 Å². The third-order valence-electron chi connectivity index (χ3n) is 4.25. The number of pyridine rings is 1. The molecular weight excluding hydrogens is 391 g/mol. The van der Waals surface area contributed by atoms with E-state index >= 15 is 0 Å². The first-order valence-corrected chi connectivity index (χ1v) is 9.20. The maximum atomic E-state index is 6.19. The van der Waals surface area contributed by atoms with Gasteiger partial charge in [-0.15, -0.1) is 0 Å². The summed E-state index contributed by atoms with van der Waals surface area (Å²) in [6.45, 7) is 0.559. The molecule has 2 aromatic heterocycles. The third kappa shape index (κ3) is 3.21. The number of nitrogens with two attached hydrogens (primary N) is 1. The summed E-state index contributed by atoms with van der Waals surface area (Å²) in [5.74, 6) is 0. The molecule has 2 heterocycles. The van der Waals surface area contributed by atoms with Crippen LogP contribution in [0.2, 0.25) is 15.2 Å². The van der Waals surface area contributed by atoms with Crippen LogP contribution in [0.1, 0.15) is 5.56 Å². The first kappa shape index (κ1) is 17.4. The van der Waals surface area contributed by atoms with Crippen LogP contribution in [0.25, 0.3) is 21.8 Å². The Balaban J connectivity index is 1.87. The lowest BCUT2D eigenvalue weighted by Crippen LogP contribution is -2.04. The molecule has 0 unspecified atom stereocenters. The van der Waals surface area contributed by atoms with Gasteiger partial charge >= 0.3 is 0 Å². The van der Waals surface area contributed by atoms with Gasteiger partial charge in [0.1, 0.15) is 5.15 Å². The molecule has 0 aliphatic carbocycles. The number of rotatable bonds is 4. The van der Waals surface area contributed by atoms with E-state index in [0.717, 1.165) is 45.2 Å². The second kappa shape index (κ2) is 6.97. The van der Waals surface area contributed by atoms with E-state index in [1.54, 1.807) is 12.3 Å². The van der Waals surface area contributed by atoms with Gasteiger partial charge in [-0.2, -0.15) is 0 Å². The van der Waals surface area contributed by atoms with Gasteiger partial charge in [-0.05, 0) is 54.9 Å². The highest BCUT2D eigenvalue weighted by atomic mass is 35.5. The number of halogens is 3. The standard InChI is InChI=1S/C19H15Cl3N4/c20-11-1-2-17-14(6-11)15-7-12(5-10(3-4-23)18(15)26-17)25-13-8-16(21)19(22)24-9-13/h1-2,5-9,25-26H,3-4,23H2. The minimum absolute atomic E-state index is 0.280. The SMILES string of the molecule is NCCc1cc(Nc2cnc(Cl)c(Cl)c2)cc2c1[nH]c1ccc(Cl)cc12. The Hall–Kier alpha value is -1.98. The predicted octanol–water partition coefficient (Wildman–Crippen LogP) is 5.92. The van der Waals surface area contributed by atoms with Crippen LogP contribution in [0.5, 0.6) is 0 Å². The van der Waals surface area contributed by atoms with Crippen molar-refractivity contribution >= 4 is 68.0 Å². The number of nitrogens with one attached hydrogen (secondary N) is 2. The molecule has 7 heteroatoms. The van der Waals surface area contributed by atoms with E-state index < -0.39 is 0 Å². The smallest absolute Gasteiger partial charge is 0.147 e. The summed E-state index contributed by atoms with van der Waals surface area (Å²) in [5, 5.41) is 6.88. The molecule has 0 bridgehead atoms. The summed E-state index contributed by atoms with van der Waals surface area (Å²) in [4.78, 5) is 7.55. The Bertz CT molecular complexity index is 1120. The number of nitrogens with zero attached hydrogens (tertiary/aromatic N) is 1. The van der Waals surface area contributed by atoms with Gasteiger partial charge < -0.3 is 16.0 Å². The molecule has 4 nitrogen and oxygen atoms in total. The Morgan fingerprint density at radius 3 is 2.62 bits per heavy atom. The molecule has 0 aliphatic rings. The maximum Gasteiger partial charge on any atom is 0.147 e. The largest absolute Gasteiger partial charge is 0.354 e. The van der Waals surface area contributed by atoms with Crippen LogP contribution in [0.4, 0.5) is 11.4 Å². The molecule has 4 aromatic rings. The highest BCUT2D eigenvalue weighted by molar-refractivity contribution is 6.41. The fourth-order valence-corrected chi connectivity index (χ4v) is 3.57. The summed E-state index contributed by atoms with van der Waals surface area (Å²) in [6.07, 6.45) is 2.40. The van der Waals surface area contributed by atoms with Crippen molar-refractivity contribution in [2.75, 3.05) is 11.9 Å². The molecule has 0 fully saturated rings. The zero-order valence-corrected chi connectivity index (χ0v) is 15.9. The van der Waals surface area contributed by atoms with Crippen molar-refractivity contribution < 1.29 is 0 Å². The zero-order valence-electron chi connectivity index (χ0n) is 13.6. The Morgan fingerprint density at radius 1 is 1.00 bits per heavy atom. The molecule has 0 saturated heterocycles. The summed E-state index contributed by atoms with van der Waals surface area (Å²) < 4.78 is 0. The average molecular weight is 406 g/mol. The van der Waals surface area contributed by atoms with Gasteiger partial charge in [0.2, 0.25) is 0 Å². The normalized spacial score (nSPS) is 11.4. The molecule has 4 rings (SSSR count). The van der Waals surface area contributed by atoms with Crippen LogP contribution in [0, 0.1) is 0 Å². The number of H-pyrrole nitrogens is 1. The van der Waals surface area contributed by atoms with E-state index in [0.29, 0.717) is 16.6 Å². The quantitative estimate of drug-likeness (QED) is 0.369. The van der Waals surface area contributed by atoms with Crippen molar-refractivity contribution in [1.29, 1.82) is 0 Å². The molecule has 26 heavy (non-hydrogen) atoms. The van der Waals surface area contributed by atoms with Gasteiger partial charge in [-0.25, -0.2) is 4.98 Å². The third-order valence-corrected chi connectivity index (χ3v) is 5.17. The number of anilines is 2. The lowest BCUT2D eigenvalue weighted by molar-refractivity contribution is 0.975. The molecular formula is C19H15Cl3N4. The molecule has 0 radical (unpaired) electrons. The van der Waals surface area contributed by atoms with Crippen molar-refractivity contribution in [3.8, 4) is 0 Å². The topological polar surface area (TPSA) is 66.7 Å². The van der Waals surface area contributed by atoms with Crippen LogP contribution in [0.15, 0.2) is 42.6 Å². The lowest BCUT2D eigenvalue weighted by atomic mass is 10.0. The second-order valence-corrected chi connectivity index (χ2v) is 7.23. The fourth-order valence-electron chi connectivity index (χ4n) is 3.13. The van der Waals surface area contributed by atoms with Crippen LogP contribution < -0.4 is 11.1 Å². The van der Waals surface area contributed by atoms with E-state index in [1.165, 1.54) is 0 Å². The molecule has 0 atom stereocenters. The molecule has 0 saturated carbocycles. The lowest BCUT2D eigenvalue weighted by Gasteiger charge is -2.10. The van der Waals surface area contributed by atoms with Crippen molar-refractivity contribution in [2.45, 2.75) is 6.42 Å². The van der Waals surface area contributed by atoms with Crippen LogP contribution in [0.3, 0.4) is 0 Å². The van der Waals surface area contributed by atoms with Crippen molar-refractivity contribution in [3.63, 3.8) is 0 Å². The molecule has 132 valence electrons. The van der Waals surface area contributed by atoms with E-state index in [9.17, 15) is 0 Å². The molecule has 0 aliphatic heterocycles. The highest BCUT2D eigenvalue weighted by Gasteiger charge is 2.11. The van der Waals surface area contributed by atoms with Gasteiger partial charge in [-0.1, -0.05) is 34.8 Å². The fraction of sp³-hybridized carbons (Fsp3) is 0.105. The Morgan fingerprint density at radius 2 is 1.85 bits per heavy atom. The van der Waals surface area contributed by atoms with Crippen LogP contribution >= 0.6 is 34.8 Å². The van der Waals surface area contributed by atoms with Crippen molar-refractivity contribution in [1.82, 2.24) is 9.97 Å². The summed E-state index contributed by atoms with van der Waals surface area (Å²) >= 11 is 18.1. The van der Waals surface area contributed by atoms with Crippen LogP contribution in [-0.2, 0) is 6.42 Å². The van der Waals surface area contributed by atoms with E-state index in [1.807, 2.05) is 18.2 Å². The van der Waals surface area contributed by atoms with E-state index in [4.69, 9.17) is 40.5 Å². The number of hydrogen-bond acceptors (Lipinski definition) is 3.